The quantitative estimate of drug-likeness (QED) is 0.640. The Balaban J connectivity index is 1.63. The zero-order valence-corrected chi connectivity index (χ0v) is 15.9. The largest absolute Gasteiger partial charge is 0.198 e. The third kappa shape index (κ3) is 2.57. The van der Waals surface area contributed by atoms with Crippen molar-refractivity contribution in [3.8, 4) is 24.3 Å². The number of nitrogens with zero attached hydrogens (tertiary/aromatic N) is 4. The van der Waals surface area contributed by atoms with Gasteiger partial charge in [0.15, 0.2) is 0 Å². The van der Waals surface area contributed by atoms with Crippen LogP contribution in [0, 0.1) is 69.0 Å². The Kier molecular flexibility index (Phi) is 4.68. The highest BCUT2D eigenvalue weighted by Crippen LogP contribution is 2.62. The summed E-state index contributed by atoms with van der Waals surface area (Å²) in [5, 5.41) is 39.2. The van der Waals surface area contributed by atoms with E-state index in [1.54, 1.807) is 11.8 Å². The highest BCUT2D eigenvalue weighted by molar-refractivity contribution is 8.06. The molecule has 4 aliphatic rings. The molecular weight excluding hydrogens is 368 g/mol. The van der Waals surface area contributed by atoms with Gasteiger partial charge in [0.2, 0.25) is 0 Å². The van der Waals surface area contributed by atoms with E-state index < -0.39 is 0 Å². The molecule has 1 saturated carbocycles. The van der Waals surface area contributed by atoms with E-state index in [9.17, 15) is 21.0 Å². The lowest BCUT2D eigenvalue weighted by Gasteiger charge is -2.23. The minimum Gasteiger partial charge on any atom is -0.198 e. The maximum Gasteiger partial charge on any atom is 0.129 e. The van der Waals surface area contributed by atoms with Crippen molar-refractivity contribution in [1.29, 1.82) is 21.0 Å². The second kappa shape index (κ2) is 6.81. The van der Waals surface area contributed by atoms with Crippen molar-refractivity contribution < 1.29 is 0 Å². The Morgan fingerprint density at radius 3 is 2.40 bits per heavy atom. The van der Waals surface area contributed by atoms with Gasteiger partial charge in [0.05, 0.1) is 24.0 Å². The van der Waals surface area contributed by atoms with Gasteiger partial charge >= 0.3 is 0 Å². The summed E-state index contributed by atoms with van der Waals surface area (Å²) in [4.78, 5) is 0. The lowest BCUT2D eigenvalue weighted by Crippen LogP contribution is -2.26. The number of allylic oxidation sites excluding steroid dienone is 2. The normalized spacial score (nSPS) is 44.2. The third-order valence-corrected chi connectivity index (χ3v) is 11.1. The third-order valence-electron chi connectivity index (χ3n) is 5.92. The van der Waals surface area contributed by atoms with Gasteiger partial charge in [0.25, 0.3) is 0 Å². The number of hydrogen-bond acceptors (Lipinski definition) is 7. The van der Waals surface area contributed by atoms with Crippen LogP contribution in [0.3, 0.4) is 0 Å². The van der Waals surface area contributed by atoms with E-state index in [1.807, 2.05) is 23.5 Å². The minimum atomic E-state index is -0.197. The molecule has 3 saturated heterocycles. The fraction of sp³-hybridized carbons (Fsp3) is 0.667. The molecule has 0 amide bonds. The first-order chi connectivity index (χ1) is 12.2. The fourth-order valence-corrected chi connectivity index (χ4v) is 10.6. The molecule has 3 aliphatic heterocycles. The zero-order valence-electron chi connectivity index (χ0n) is 13.5. The van der Waals surface area contributed by atoms with E-state index in [1.165, 1.54) is 0 Å². The van der Waals surface area contributed by atoms with Gasteiger partial charge < -0.3 is 0 Å². The Morgan fingerprint density at radius 2 is 1.72 bits per heavy atom. The summed E-state index contributed by atoms with van der Waals surface area (Å²) in [5.74, 6) is 2.17. The Bertz CT molecular complexity index is 764. The van der Waals surface area contributed by atoms with Crippen molar-refractivity contribution in [3.63, 3.8) is 0 Å². The van der Waals surface area contributed by atoms with Crippen LogP contribution in [-0.4, -0.2) is 32.5 Å². The molecule has 4 nitrogen and oxygen atoms in total. The second-order valence-corrected chi connectivity index (χ2v) is 10.9. The van der Waals surface area contributed by atoms with Gasteiger partial charge in [-0.1, -0.05) is 0 Å². The molecule has 4 rings (SSSR count). The summed E-state index contributed by atoms with van der Waals surface area (Å²) < 4.78 is 0. The fourth-order valence-electron chi connectivity index (χ4n) is 4.90. The topological polar surface area (TPSA) is 95.2 Å². The van der Waals surface area contributed by atoms with Crippen molar-refractivity contribution in [1.82, 2.24) is 0 Å². The number of rotatable bonds is 1. The second-order valence-electron chi connectivity index (χ2n) is 6.95. The lowest BCUT2D eigenvalue weighted by atomic mass is 9.85. The molecule has 0 N–H and O–H groups in total. The SMILES string of the molecule is N#CC(C#N)=C1C2CCSC2C2SC(C3SCC(C#N)C3C#N)CC12. The van der Waals surface area contributed by atoms with E-state index in [0.717, 1.165) is 29.9 Å². The smallest absolute Gasteiger partial charge is 0.129 e. The molecule has 3 heterocycles. The first-order valence-electron chi connectivity index (χ1n) is 8.45. The molecule has 8 atom stereocenters. The molecule has 1 aliphatic carbocycles. The summed E-state index contributed by atoms with van der Waals surface area (Å²) >= 11 is 5.73. The number of fused-ring (bicyclic) bond motifs is 3. The molecule has 0 aromatic carbocycles. The summed E-state index contributed by atoms with van der Waals surface area (Å²) in [7, 11) is 0. The highest BCUT2D eigenvalue weighted by atomic mass is 32.2. The molecular formula is C18H16N4S3. The van der Waals surface area contributed by atoms with Crippen LogP contribution >= 0.6 is 35.3 Å². The molecule has 4 fully saturated rings. The van der Waals surface area contributed by atoms with E-state index in [2.05, 4.69) is 24.3 Å². The van der Waals surface area contributed by atoms with Gasteiger partial charge in [-0.25, -0.2) is 0 Å². The van der Waals surface area contributed by atoms with E-state index in [-0.39, 0.29) is 17.1 Å². The predicted molar refractivity (Wildman–Crippen MR) is 100 cm³/mol. The van der Waals surface area contributed by atoms with Gasteiger partial charge in [0.1, 0.15) is 17.7 Å². The number of hydrogen-bond donors (Lipinski definition) is 0. The average molecular weight is 385 g/mol. The van der Waals surface area contributed by atoms with Crippen LogP contribution in [0.15, 0.2) is 11.1 Å². The molecule has 0 aromatic rings. The van der Waals surface area contributed by atoms with Crippen LogP contribution in [0.5, 0.6) is 0 Å². The Morgan fingerprint density at radius 1 is 0.920 bits per heavy atom. The van der Waals surface area contributed by atoms with Crippen molar-refractivity contribution in [2.24, 2.45) is 23.7 Å². The van der Waals surface area contributed by atoms with Crippen molar-refractivity contribution in [2.45, 2.75) is 33.8 Å². The lowest BCUT2D eigenvalue weighted by molar-refractivity contribution is 0.504. The molecule has 8 unspecified atom stereocenters. The van der Waals surface area contributed by atoms with Gasteiger partial charge in [-0.05, 0) is 36.0 Å². The number of nitriles is 4. The van der Waals surface area contributed by atoms with Crippen LogP contribution in [0.4, 0.5) is 0 Å². The first-order valence-corrected chi connectivity index (χ1v) is 11.5. The zero-order chi connectivity index (χ0) is 17.6. The van der Waals surface area contributed by atoms with Crippen LogP contribution in [0.25, 0.3) is 0 Å². The molecule has 25 heavy (non-hydrogen) atoms. The van der Waals surface area contributed by atoms with E-state index in [4.69, 9.17) is 0 Å². The molecule has 0 spiro atoms. The number of thioether (sulfide) groups is 3. The summed E-state index contributed by atoms with van der Waals surface area (Å²) in [6, 6.07) is 8.96. The van der Waals surface area contributed by atoms with Crippen molar-refractivity contribution in [2.75, 3.05) is 11.5 Å². The molecule has 0 bridgehead atoms. The minimum absolute atomic E-state index is 0.168. The summed E-state index contributed by atoms with van der Waals surface area (Å²) in [6.07, 6.45) is 2.02. The van der Waals surface area contributed by atoms with Gasteiger partial charge in [-0.3, -0.25) is 0 Å². The van der Waals surface area contributed by atoms with Crippen LogP contribution in [0.1, 0.15) is 12.8 Å². The molecule has 126 valence electrons. The first kappa shape index (κ1) is 17.2. The van der Waals surface area contributed by atoms with Crippen molar-refractivity contribution >= 4 is 35.3 Å². The van der Waals surface area contributed by atoms with Crippen molar-refractivity contribution in [3.05, 3.63) is 11.1 Å². The van der Waals surface area contributed by atoms with Gasteiger partial charge in [-0.15, -0.1) is 0 Å². The maximum atomic E-state index is 9.54. The molecule has 0 radical (unpaired) electrons. The molecule has 0 aromatic heterocycles. The van der Waals surface area contributed by atoms with Gasteiger partial charge in [-0.2, -0.15) is 56.3 Å². The predicted octanol–water partition coefficient (Wildman–Crippen LogP) is 3.35. The molecule has 7 heteroatoms. The average Bonchev–Trinajstić information content (AvgIpc) is 3.37. The Labute approximate surface area is 160 Å². The van der Waals surface area contributed by atoms with Gasteiger partial charge in [0, 0.05) is 26.8 Å². The van der Waals surface area contributed by atoms with E-state index >= 15 is 0 Å². The Hall–Kier alpha value is -1.25. The summed E-state index contributed by atoms with van der Waals surface area (Å²) in [5.41, 5.74) is 1.44. The van der Waals surface area contributed by atoms with Crippen LogP contribution < -0.4 is 0 Å². The van der Waals surface area contributed by atoms with E-state index in [0.29, 0.717) is 33.2 Å². The summed E-state index contributed by atoms with van der Waals surface area (Å²) in [6.45, 7) is 0. The van der Waals surface area contributed by atoms with Crippen LogP contribution in [-0.2, 0) is 0 Å². The maximum absolute atomic E-state index is 9.54. The monoisotopic (exact) mass is 384 g/mol. The standard InChI is InChI=1S/C18H16N4S3/c19-4-9(5-20)15-11-1-2-23-17(11)18-12(15)3-14(25-18)16-13(7-22)10(6-21)8-24-16/h10-14,16-18H,1-3,8H2. The van der Waals surface area contributed by atoms with Crippen LogP contribution in [0.2, 0.25) is 0 Å². The highest BCUT2D eigenvalue weighted by Gasteiger charge is 2.57.